The number of thiocarbonyl (C=S) groups is 2. The third-order valence-corrected chi connectivity index (χ3v) is 1.97. The minimum Gasteiger partial charge on any atom is -0.391 e. The van der Waals surface area contributed by atoms with Crippen molar-refractivity contribution in [3.63, 3.8) is 0 Å². The molecule has 0 heterocycles. The maximum atomic E-state index is 9.78. The molecule has 0 rings (SSSR count). The second kappa shape index (κ2) is 8.66. The zero-order chi connectivity index (χ0) is 15.0. The van der Waals surface area contributed by atoms with Crippen LogP contribution in [0.2, 0.25) is 0 Å². The van der Waals surface area contributed by atoms with E-state index in [1.165, 1.54) is 6.92 Å². The van der Waals surface area contributed by atoms with E-state index in [-0.39, 0.29) is 15.9 Å². The van der Waals surface area contributed by atoms with Gasteiger partial charge in [-0.25, -0.2) is 0 Å². The molecule has 0 aliphatic rings. The first-order valence-electron chi connectivity index (χ1n) is 5.01. The van der Waals surface area contributed by atoms with Gasteiger partial charge in [0.15, 0.2) is 10.2 Å². The SMILES string of the molecule is CC(O)C(O)C(O)C(/C=N\NC(N)=S)=N/NC(N)=S. The molecule has 0 aromatic rings. The molecule has 9 nitrogen and oxygen atoms in total. The summed E-state index contributed by atoms with van der Waals surface area (Å²) in [6.07, 6.45) is -3.12. The van der Waals surface area contributed by atoms with E-state index in [2.05, 4.69) is 45.5 Å². The fraction of sp³-hybridized carbons (Fsp3) is 0.500. The number of nitrogens with zero attached hydrogens (tertiary/aromatic N) is 2. The highest BCUT2D eigenvalue weighted by atomic mass is 32.1. The zero-order valence-corrected chi connectivity index (χ0v) is 11.6. The topological polar surface area (TPSA) is 162 Å². The number of hydrazone groups is 2. The van der Waals surface area contributed by atoms with Crippen molar-refractivity contribution in [2.75, 3.05) is 0 Å². The number of aliphatic hydroxyl groups is 3. The molecule has 0 aliphatic carbocycles. The zero-order valence-electron chi connectivity index (χ0n) is 10.0. The Kier molecular flexibility index (Phi) is 8.02. The quantitative estimate of drug-likeness (QED) is 0.155. The van der Waals surface area contributed by atoms with Crippen molar-refractivity contribution >= 4 is 46.6 Å². The first kappa shape index (κ1) is 17.6. The average molecular weight is 308 g/mol. The van der Waals surface area contributed by atoms with Crippen molar-refractivity contribution in [3.8, 4) is 0 Å². The molecule has 0 fully saturated rings. The Morgan fingerprint density at radius 3 is 2.11 bits per heavy atom. The summed E-state index contributed by atoms with van der Waals surface area (Å²) in [5.41, 5.74) is 14.6. The molecule has 108 valence electrons. The van der Waals surface area contributed by atoms with Gasteiger partial charge in [0.05, 0.1) is 12.3 Å². The van der Waals surface area contributed by atoms with Crippen LogP contribution in [0.4, 0.5) is 0 Å². The number of hydrogen-bond acceptors (Lipinski definition) is 7. The van der Waals surface area contributed by atoms with Crippen LogP contribution in [-0.2, 0) is 0 Å². The van der Waals surface area contributed by atoms with Crippen LogP contribution in [-0.4, -0.2) is 55.8 Å². The summed E-state index contributed by atoms with van der Waals surface area (Å²) in [5, 5.41) is 35.5. The standard InChI is InChI=1S/C8H16N6O3S2/c1-3(15)5(16)6(17)4(12-14-8(10)19)2-11-13-7(9)18/h2-3,5-6,15-17H,1H3,(H3,9,13,18)(H3,10,14,19)/b11-2-,12-4+. The second-order valence-electron chi connectivity index (χ2n) is 3.42. The predicted molar refractivity (Wildman–Crippen MR) is 79.5 cm³/mol. The van der Waals surface area contributed by atoms with Crippen LogP contribution in [0.25, 0.3) is 0 Å². The maximum absolute atomic E-state index is 9.78. The first-order chi connectivity index (χ1) is 8.75. The molecule has 0 spiro atoms. The van der Waals surface area contributed by atoms with Crippen molar-refractivity contribution in [2.45, 2.75) is 25.2 Å². The minimum absolute atomic E-state index is 0.0940. The van der Waals surface area contributed by atoms with Crippen LogP contribution < -0.4 is 22.3 Å². The van der Waals surface area contributed by atoms with Gasteiger partial charge in [-0.15, -0.1) is 0 Å². The fourth-order valence-electron chi connectivity index (χ4n) is 0.892. The Morgan fingerprint density at radius 2 is 1.68 bits per heavy atom. The third-order valence-electron chi connectivity index (χ3n) is 1.79. The monoisotopic (exact) mass is 308 g/mol. The molecule has 3 atom stereocenters. The maximum Gasteiger partial charge on any atom is 0.184 e. The number of hydrogen-bond donors (Lipinski definition) is 7. The van der Waals surface area contributed by atoms with Gasteiger partial charge in [-0.1, -0.05) is 0 Å². The van der Waals surface area contributed by atoms with Crippen molar-refractivity contribution in [1.82, 2.24) is 10.9 Å². The number of aliphatic hydroxyl groups excluding tert-OH is 3. The van der Waals surface area contributed by atoms with Gasteiger partial charge < -0.3 is 26.8 Å². The van der Waals surface area contributed by atoms with E-state index in [4.69, 9.17) is 11.5 Å². The fourth-order valence-corrected chi connectivity index (χ4v) is 0.990. The van der Waals surface area contributed by atoms with Crippen LogP contribution in [0.1, 0.15) is 6.92 Å². The highest BCUT2D eigenvalue weighted by molar-refractivity contribution is 7.80. The smallest absolute Gasteiger partial charge is 0.184 e. The first-order valence-corrected chi connectivity index (χ1v) is 5.83. The van der Waals surface area contributed by atoms with Gasteiger partial charge in [0, 0.05) is 0 Å². The number of nitrogens with two attached hydrogens (primary N) is 2. The van der Waals surface area contributed by atoms with E-state index >= 15 is 0 Å². The molecule has 0 aliphatic heterocycles. The lowest BCUT2D eigenvalue weighted by Crippen LogP contribution is -2.43. The minimum atomic E-state index is -1.52. The van der Waals surface area contributed by atoms with E-state index in [1.807, 2.05) is 0 Å². The molecule has 0 aromatic carbocycles. The van der Waals surface area contributed by atoms with Crippen molar-refractivity contribution in [1.29, 1.82) is 0 Å². The Balaban J connectivity index is 4.94. The Bertz CT molecular complexity index is 387. The van der Waals surface area contributed by atoms with Gasteiger partial charge in [0.1, 0.15) is 17.9 Å². The molecule has 0 amide bonds. The Hall–Kier alpha value is -1.40. The molecule has 0 saturated carbocycles. The van der Waals surface area contributed by atoms with E-state index in [9.17, 15) is 15.3 Å². The molecule has 0 bridgehead atoms. The molecule has 3 unspecified atom stereocenters. The van der Waals surface area contributed by atoms with Crippen LogP contribution in [0, 0.1) is 0 Å². The molecular weight excluding hydrogens is 292 g/mol. The van der Waals surface area contributed by atoms with Crippen LogP contribution in [0.15, 0.2) is 10.2 Å². The van der Waals surface area contributed by atoms with E-state index in [0.29, 0.717) is 0 Å². The highest BCUT2D eigenvalue weighted by Gasteiger charge is 2.25. The molecule has 19 heavy (non-hydrogen) atoms. The molecular formula is C8H16N6O3S2. The molecule has 0 aromatic heterocycles. The van der Waals surface area contributed by atoms with E-state index in [0.717, 1.165) is 6.21 Å². The summed E-state index contributed by atoms with van der Waals surface area (Å²) in [5.74, 6) is 0. The normalized spacial score (nSPS) is 16.7. The van der Waals surface area contributed by atoms with Gasteiger partial charge in [-0.05, 0) is 31.4 Å². The van der Waals surface area contributed by atoms with E-state index < -0.39 is 18.3 Å². The lowest BCUT2D eigenvalue weighted by Gasteiger charge is -2.19. The van der Waals surface area contributed by atoms with Crippen molar-refractivity contribution < 1.29 is 15.3 Å². The van der Waals surface area contributed by atoms with Gasteiger partial charge in [-0.2, -0.15) is 10.2 Å². The van der Waals surface area contributed by atoms with E-state index in [1.54, 1.807) is 0 Å². The summed E-state index contributed by atoms with van der Waals surface area (Å²) in [6.45, 7) is 1.30. The van der Waals surface area contributed by atoms with Gasteiger partial charge in [-0.3, -0.25) is 10.9 Å². The van der Waals surface area contributed by atoms with Crippen LogP contribution in [0.5, 0.6) is 0 Å². The number of nitrogens with one attached hydrogen (secondary N) is 2. The summed E-state index contributed by atoms with van der Waals surface area (Å²) in [4.78, 5) is 0. The van der Waals surface area contributed by atoms with Gasteiger partial charge in [0.2, 0.25) is 0 Å². The summed E-state index contributed by atoms with van der Waals surface area (Å²) in [6, 6.07) is 0. The third kappa shape index (κ3) is 7.58. The molecule has 0 saturated heterocycles. The average Bonchev–Trinajstić information content (AvgIpc) is 2.30. The molecule has 9 N–H and O–H groups in total. The largest absolute Gasteiger partial charge is 0.391 e. The van der Waals surface area contributed by atoms with Crippen molar-refractivity contribution in [2.24, 2.45) is 21.7 Å². The van der Waals surface area contributed by atoms with Gasteiger partial charge in [0.25, 0.3) is 0 Å². The summed E-state index contributed by atoms with van der Waals surface area (Å²) in [7, 11) is 0. The lowest BCUT2D eigenvalue weighted by atomic mass is 10.1. The molecule has 0 radical (unpaired) electrons. The summed E-state index contributed by atoms with van der Waals surface area (Å²) < 4.78 is 0. The Morgan fingerprint density at radius 1 is 1.16 bits per heavy atom. The summed E-state index contributed by atoms with van der Waals surface area (Å²) >= 11 is 9.05. The van der Waals surface area contributed by atoms with Gasteiger partial charge >= 0.3 is 0 Å². The highest BCUT2D eigenvalue weighted by Crippen LogP contribution is 2.01. The predicted octanol–water partition coefficient (Wildman–Crippen LogP) is -2.90. The molecule has 11 heteroatoms. The van der Waals surface area contributed by atoms with Crippen molar-refractivity contribution in [3.05, 3.63) is 0 Å². The second-order valence-corrected chi connectivity index (χ2v) is 4.30. The van der Waals surface area contributed by atoms with Crippen LogP contribution >= 0.6 is 24.4 Å². The number of rotatable bonds is 6. The Labute approximate surface area is 120 Å². The lowest BCUT2D eigenvalue weighted by molar-refractivity contribution is -0.0250. The van der Waals surface area contributed by atoms with Crippen LogP contribution in [0.3, 0.4) is 0 Å².